The molecule has 0 amide bonds. The van der Waals surface area contributed by atoms with Gasteiger partial charge in [0, 0.05) is 0 Å². The van der Waals surface area contributed by atoms with Crippen molar-refractivity contribution in [3.05, 3.63) is 46.7 Å². The number of benzene rings is 1. The minimum atomic E-state index is -0.868. The molecule has 1 aromatic carbocycles. The van der Waals surface area contributed by atoms with Crippen LogP contribution in [-0.2, 0) is 4.79 Å². The molecular weight excluding hydrogens is 324 g/mol. The molecule has 102 valence electrons. The average Bonchev–Trinajstić information content (AvgIpc) is 3.03. The van der Waals surface area contributed by atoms with Gasteiger partial charge in [0.15, 0.2) is 0 Å². The number of aromatic nitrogens is 4. The molecule has 6 nitrogen and oxygen atoms in total. The van der Waals surface area contributed by atoms with E-state index >= 15 is 0 Å². The highest BCUT2D eigenvalue weighted by Gasteiger charge is 2.21. The number of carboxylic acids is 1. The second-order valence-electron chi connectivity index (χ2n) is 4.45. The second kappa shape index (κ2) is 5.09. The highest BCUT2D eigenvalue weighted by Crippen LogP contribution is 2.28. The van der Waals surface area contributed by atoms with Gasteiger partial charge in [-0.2, -0.15) is 0 Å². The molecule has 3 N–H and O–H groups in total. The maximum Gasteiger partial charge on any atom is 0.304 e. The van der Waals surface area contributed by atoms with Gasteiger partial charge in [0.05, 0.1) is 35.9 Å². The van der Waals surface area contributed by atoms with Crippen LogP contribution in [0.3, 0.4) is 0 Å². The van der Waals surface area contributed by atoms with Gasteiger partial charge in [0.2, 0.25) is 0 Å². The van der Waals surface area contributed by atoms with Crippen molar-refractivity contribution in [2.75, 3.05) is 0 Å². The first-order valence-corrected chi connectivity index (χ1v) is 6.78. The molecule has 1 unspecified atom stereocenters. The quantitative estimate of drug-likeness (QED) is 0.683. The molecule has 20 heavy (non-hydrogen) atoms. The van der Waals surface area contributed by atoms with Crippen LogP contribution in [-0.4, -0.2) is 31.0 Å². The standard InChI is InChI=1S/C13H11BrN4O2/c14-11-5-15-13(18-11)8(4-12(19)20)7-1-2-9-10(3-7)17-6-16-9/h1-3,5-6,8H,4H2,(H,15,18)(H,16,17)(H,19,20). The van der Waals surface area contributed by atoms with E-state index in [0.717, 1.165) is 21.2 Å². The topological polar surface area (TPSA) is 94.7 Å². The normalized spacial score (nSPS) is 12.7. The Bertz CT molecular complexity index is 764. The lowest BCUT2D eigenvalue weighted by atomic mass is 9.94. The summed E-state index contributed by atoms with van der Waals surface area (Å²) in [4.78, 5) is 25.5. The number of H-pyrrole nitrogens is 2. The maximum atomic E-state index is 11.1. The molecule has 0 radical (unpaired) electrons. The summed E-state index contributed by atoms with van der Waals surface area (Å²) in [6.07, 6.45) is 3.21. The number of hydrogen-bond acceptors (Lipinski definition) is 3. The lowest BCUT2D eigenvalue weighted by molar-refractivity contribution is -0.137. The largest absolute Gasteiger partial charge is 0.481 e. The van der Waals surface area contributed by atoms with Crippen molar-refractivity contribution in [3.8, 4) is 0 Å². The maximum absolute atomic E-state index is 11.1. The summed E-state index contributed by atoms with van der Waals surface area (Å²) >= 11 is 3.29. The molecule has 0 aliphatic rings. The number of halogens is 1. The Balaban J connectivity index is 2.05. The van der Waals surface area contributed by atoms with E-state index in [1.807, 2.05) is 18.2 Å². The first-order valence-electron chi connectivity index (χ1n) is 5.98. The monoisotopic (exact) mass is 334 g/mol. The van der Waals surface area contributed by atoms with Gasteiger partial charge in [-0.25, -0.2) is 9.97 Å². The summed E-state index contributed by atoms with van der Waals surface area (Å²) < 4.78 is 0.727. The number of rotatable bonds is 4. The number of nitrogens with one attached hydrogen (secondary N) is 2. The Labute approximate surface area is 122 Å². The van der Waals surface area contributed by atoms with Crippen LogP contribution in [0.4, 0.5) is 0 Å². The van der Waals surface area contributed by atoms with E-state index in [0.29, 0.717) is 5.82 Å². The van der Waals surface area contributed by atoms with Crippen LogP contribution in [0.25, 0.3) is 11.0 Å². The number of imidazole rings is 2. The number of fused-ring (bicyclic) bond motifs is 1. The van der Waals surface area contributed by atoms with Crippen molar-refractivity contribution in [1.29, 1.82) is 0 Å². The number of aliphatic carboxylic acids is 1. The highest BCUT2D eigenvalue weighted by molar-refractivity contribution is 9.10. The van der Waals surface area contributed by atoms with Gasteiger partial charge in [-0.15, -0.1) is 0 Å². The fourth-order valence-corrected chi connectivity index (χ4v) is 2.51. The Hall–Kier alpha value is -2.15. The minimum Gasteiger partial charge on any atom is -0.481 e. The van der Waals surface area contributed by atoms with Crippen LogP contribution in [0.1, 0.15) is 23.7 Å². The molecule has 0 aliphatic carbocycles. The third-order valence-electron chi connectivity index (χ3n) is 3.12. The molecule has 0 saturated carbocycles. The van der Waals surface area contributed by atoms with Crippen molar-refractivity contribution in [1.82, 2.24) is 19.9 Å². The molecule has 1 atom stereocenters. The Morgan fingerprint density at radius 2 is 2.25 bits per heavy atom. The van der Waals surface area contributed by atoms with Gasteiger partial charge in [-0.05, 0) is 33.6 Å². The number of aromatic amines is 2. The van der Waals surface area contributed by atoms with Gasteiger partial charge in [0.1, 0.15) is 10.4 Å². The fourth-order valence-electron chi connectivity index (χ4n) is 2.21. The van der Waals surface area contributed by atoms with Gasteiger partial charge in [0.25, 0.3) is 0 Å². The lowest BCUT2D eigenvalue weighted by Gasteiger charge is -2.12. The lowest BCUT2D eigenvalue weighted by Crippen LogP contribution is -2.09. The number of nitrogens with zero attached hydrogens (tertiary/aromatic N) is 2. The van der Waals surface area contributed by atoms with Crippen LogP contribution in [0.5, 0.6) is 0 Å². The zero-order valence-corrected chi connectivity index (χ0v) is 11.9. The summed E-state index contributed by atoms with van der Waals surface area (Å²) in [6, 6.07) is 5.66. The Morgan fingerprint density at radius 3 is 2.95 bits per heavy atom. The van der Waals surface area contributed by atoms with Crippen LogP contribution in [0, 0.1) is 0 Å². The summed E-state index contributed by atoms with van der Waals surface area (Å²) in [5.41, 5.74) is 2.61. The smallest absolute Gasteiger partial charge is 0.304 e. The van der Waals surface area contributed by atoms with E-state index in [1.165, 1.54) is 0 Å². The van der Waals surface area contributed by atoms with E-state index in [4.69, 9.17) is 5.11 Å². The molecule has 0 spiro atoms. The van der Waals surface area contributed by atoms with Gasteiger partial charge >= 0.3 is 5.97 Å². The first-order chi connectivity index (χ1) is 9.63. The molecule has 0 aliphatic heterocycles. The third kappa shape index (κ3) is 2.44. The number of carboxylic acid groups (broad SMARTS) is 1. The third-order valence-corrected chi connectivity index (χ3v) is 3.52. The van der Waals surface area contributed by atoms with Crippen molar-refractivity contribution < 1.29 is 9.90 Å². The molecular formula is C13H11BrN4O2. The molecule has 0 bridgehead atoms. The van der Waals surface area contributed by atoms with Crippen molar-refractivity contribution in [2.24, 2.45) is 0 Å². The van der Waals surface area contributed by atoms with Gasteiger partial charge in [-0.3, -0.25) is 4.79 Å². The molecule has 7 heteroatoms. The van der Waals surface area contributed by atoms with Crippen LogP contribution in [0.15, 0.2) is 35.3 Å². The van der Waals surface area contributed by atoms with E-state index < -0.39 is 5.97 Å². The van der Waals surface area contributed by atoms with Crippen LogP contribution < -0.4 is 0 Å². The number of hydrogen-bond donors (Lipinski definition) is 3. The van der Waals surface area contributed by atoms with Gasteiger partial charge in [-0.1, -0.05) is 6.07 Å². The predicted octanol–water partition coefficient (Wildman–Crippen LogP) is 2.66. The molecule has 2 heterocycles. The predicted molar refractivity (Wildman–Crippen MR) is 76.5 cm³/mol. The van der Waals surface area contributed by atoms with Crippen LogP contribution >= 0.6 is 15.9 Å². The molecule has 3 aromatic rings. The Kier molecular flexibility index (Phi) is 3.27. The molecule has 0 fully saturated rings. The Morgan fingerprint density at radius 1 is 1.40 bits per heavy atom. The fraction of sp³-hybridized carbons (Fsp3) is 0.154. The van der Waals surface area contributed by atoms with E-state index in [1.54, 1.807) is 12.5 Å². The summed E-state index contributed by atoms with van der Waals surface area (Å²) in [5.74, 6) is -0.572. The summed E-state index contributed by atoms with van der Waals surface area (Å²) in [5, 5.41) is 9.11. The van der Waals surface area contributed by atoms with Crippen molar-refractivity contribution in [2.45, 2.75) is 12.3 Å². The summed E-state index contributed by atoms with van der Waals surface area (Å²) in [7, 11) is 0. The van der Waals surface area contributed by atoms with Crippen molar-refractivity contribution >= 4 is 32.9 Å². The molecule has 3 rings (SSSR count). The molecule has 0 saturated heterocycles. The highest BCUT2D eigenvalue weighted by atomic mass is 79.9. The first kappa shape index (κ1) is 12.9. The molecule has 2 aromatic heterocycles. The second-order valence-corrected chi connectivity index (χ2v) is 5.30. The average molecular weight is 335 g/mol. The van der Waals surface area contributed by atoms with Gasteiger partial charge < -0.3 is 15.1 Å². The SMILES string of the molecule is O=C(O)CC(c1ccc2nc[nH]c2c1)c1ncc(Br)[nH]1. The van der Waals surface area contributed by atoms with E-state index in [2.05, 4.69) is 35.9 Å². The van der Waals surface area contributed by atoms with E-state index in [-0.39, 0.29) is 12.3 Å². The summed E-state index contributed by atoms with van der Waals surface area (Å²) in [6.45, 7) is 0. The van der Waals surface area contributed by atoms with E-state index in [9.17, 15) is 4.79 Å². The zero-order valence-electron chi connectivity index (χ0n) is 10.3. The van der Waals surface area contributed by atoms with Crippen LogP contribution in [0.2, 0.25) is 0 Å². The minimum absolute atomic E-state index is 0.0282. The number of carbonyl (C=O) groups is 1. The zero-order chi connectivity index (χ0) is 14.1. The van der Waals surface area contributed by atoms with Crippen molar-refractivity contribution in [3.63, 3.8) is 0 Å².